The van der Waals surface area contributed by atoms with E-state index in [4.69, 9.17) is 4.52 Å². The number of carbonyl (C=O) groups excluding carboxylic acids is 1. The van der Waals surface area contributed by atoms with Crippen molar-refractivity contribution in [3.8, 4) is 11.3 Å². The number of nitrogens with zero attached hydrogens (tertiary/aromatic N) is 1. The smallest absolute Gasteiger partial charge is 0.343 e. The molecule has 0 N–H and O–H groups in total. The van der Waals surface area contributed by atoms with Crippen LogP contribution in [0.2, 0.25) is 0 Å². The summed E-state index contributed by atoms with van der Waals surface area (Å²) in [6, 6.07) is 1.70. The van der Waals surface area contributed by atoms with Crippen molar-refractivity contribution in [2.75, 3.05) is 7.11 Å². The summed E-state index contributed by atoms with van der Waals surface area (Å²) in [5, 5.41) is 3.48. The lowest BCUT2D eigenvalue weighted by Gasteiger charge is -2.03. The third kappa shape index (κ3) is 2.07. The lowest BCUT2D eigenvalue weighted by Crippen LogP contribution is -2.05. The zero-order valence-electron chi connectivity index (χ0n) is 9.96. The molecule has 0 aliphatic rings. The molecular weight excluding hydrogens is 263 g/mol. The minimum atomic E-state index is -1.64. The molecule has 0 amide bonds. The number of methoxy groups -OCH3 is 1. The van der Waals surface area contributed by atoms with Gasteiger partial charge < -0.3 is 9.26 Å². The van der Waals surface area contributed by atoms with Gasteiger partial charge >= 0.3 is 5.97 Å². The van der Waals surface area contributed by atoms with Crippen molar-refractivity contribution in [2.45, 2.75) is 6.92 Å². The zero-order chi connectivity index (χ0) is 14.2. The molecule has 1 aromatic carbocycles. The van der Waals surface area contributed by atoms with Gasteiger partial charge in [0.05, 0.1) is 7.11 Å². The van der Waals surface area contributed by atoms with Crippen molar-refractivity contribution >= 4 is 5.97 Å². The number of aryl methyl sites for hydroxylation is 1. The Labute approximate surface area is 105 Å². The predicted octanol–water partition coefficient (Wildman–Crippen LogP) is 2.85. The Balaban J connectivity index is 2.67. The summed E-state index contributed by atoms with van der Waals surface area (Å²) < 4.78 is 49.0. The number of hydrogen-bond acceptors (Lipinski definition) is 4. The normalized spacial score (nSPS) is 10.6. The van der Waals surface area contributed by atoms with E-state index in [1.807, 2.05) is 0 Å². The number of aromatic nitrogens is 1. The monoisotopic (exact) mass is 271 g/mol. The molecule has 2 aromatic rings. The predicted molar refractivity (Wildman–Crippen MR) is 57.9 cm³/mol. The Kier molecular flexibility index (Phi) is 3.28. The van der Waals surface area contributed by atoms with E-state index in [-0.39, 0.29) is 22.6 Å². The van der Waals surface area contributed by atoms with Gasteiger partial charge in [-0.2, -0.15) is 0 Å². The second-order valence-electron chi connectivity index (χ2n) is 3.68. The van der Waals surface area contributed by atoms with Gasteiger partial charge in [-0.15, -0.1) is 0 Å². The van der Waals surface area contributed by atoms with E-state index in [9.17, 15) is 18.0 Å². The molecule has 0 atom stereocenters. The fourth-order valence-corrected chi connectivity index (χ4v) is 1.61. The number of ether oxygens (including phenoxy) is 1. The third-order valence-corrected chi connectivity index (χ3v) is 2.54. The Morgan fingerprint density at radius 2 is 1.95 bits per heavy atom. The van der Waals surface area contributed by atoms with Crippen LogP contribution in [0.1, 0.15) is 16.1 Å². The van der Waals surface area contributed by atoms with E-state index in [0.29, 0.717) is 0 Å². The molecular formula is C12H8F3NO3. The first-order chi connectivity index (χ1) is 8.97. The molecule has 0 unspecified atom stereocenters. The highest BCUT2D eigenvalue weighted by Gasteiger charge is 2.26. The molecule has 0 spiro atoms. The van der Waals surface area contributed by atoms with E-state index in [2.05, 4.69) is 9.89 Å². The van der Waals surface area contributed by atoms with Crippen LogP contribution < -0.4 is 0 Å². The van der Waals surface area contributed by atoms with E-state index in [1.54, 1.807) is 0 Å². The van der Waals surface area contributed by atoms with Crippen LogP contribution in [-0.2, 0) is 4.74 Å². The lowest BCUT2D eigenvalue weighted by molar-refractivity contribution is 0.0599. The maximum Gasteiger partial charge on any atom is 0.343 e. The maximum absolute atomic E-state index is 13.7. The van der Waals surface area contributed by atoms with Gasteiger partial charge in [0.15, 0.2) is 17.5 Å². The fourth-order valence-electron chi connectivity index (χ4n) is 1.61. The highest BCUT2D eigenvalue weighted by molar-refractivity contribution is 5.97. The zero-order valence-corrected chi connectivity index (χ0v) is 9.96. The first-order valence-corrected chi connectivity index (χ1v) is 5.15. The number of rotatable bonds is 2. The first-order valence-electron chi connectivity index (χ1n) is 5.15. The third-order valence-electron chi connectivity index (χ3n) is 2.54. The van der Waals surface area contributed by atoms with Gasteiger partial charge in [0, 0.05) is 5.56 Å². The van der Waals surface area contributed by atoms with Crippen LogP contribution in [0.25, 0.3) is 11.3 Å². The molecule has 0 aliphatic heterocycles. The van der Waals surface area contributed by atoms with Crippen LogP contribution in [0.15, 0.2) is 16.7 Å². The first kappa shape index (κ1) is 13.1. The molecule has 0 radical (unpaired) electrons. The molecule has 0 saturated heterocycles. The van der Waals surface area contributed by atoms with Gasteiger partial charge in [-0.05, 0) is 19.1 Å². The summed E-state index contributed by atoms with van der Waals surface area (Å²) in [6.07, 6.45) is 0. The summed E-state index contributed by atoms with van der Waals surface area (Å²) in [7, 11) is 1.13. The molecule has 0 fully saturated rings. The SMILES string of the molecule is COC(=O)c1c(-c2ccc(F)c(F)c2F)noc1C. The molecule has 0 bridgehead atoms. The highest BCUT2D eigenvalue weighted by Crippen LogP contribution is 2.29. The highest BCUT2D eigenvalue weighted by atomic mass is 19.2. The lowest BCUT2D eigenvalue weighted by atomic mass is 10.1. The molecule has 0 saturated carbocycles. The van der Waals surface area contributed by atoms with Crippen LogP contribution in [0.5, 0.6) is 0 Å². The van der Waals surface area contributed by atoms with Gasteiger partial charge in [-0.3, -0.25) is 0 Å². The number of hydrogen-bond donors (Lipinski definition) is 0. The van der Waals surface area contributed by atoms with Crippen LogP contribution in [0.4, 0.5) is 13.2 Å². The average molecular weight is 271 g/mol. The number of carbonyl (C=O) groups is 1. The van der Waals surface area contributed by atoms with Crippen LogP contribution >= 0.6 is 0 Å². The average Bonchev–Trinajstić information content (AvgIpc) is 2.77. The molecule has 0 aliphatic carbocycles. The number of halogens is 3. The van der Waals surface area contributed by atoms with Crippen LogP contribution in [-0.4, -0.2) is 18.2 Å². The van der Waals surface area contributed by atoms with Gasteiger partial charge in [0.25, 0.3) is 0 Å². The standard InChI is InChI=1S/C12H8F3NO3/c1-5-8(12(17)18-2)11(16-19-5)6-3-4-7(13)10(15)9(6)14/h3-4H,1-2H3. The topological polar surface area (TPSA) is 52.3 Å². The number of esters is 1. The van der Waals surface area contributed by atoms with Crippen molar-refractivity contribution in [1.29, 1.82) is 0 Å². The molecule has 19 heavy (non-hydrogen) atoms. The van der Waals surface area contributed by atoms with E-state index in [0.717, 1.165) is 19.2 Å². The summed E-state index contributed by atoms with van der Waals surface area (Å²) in [5.74, 6) is -5.14. The summed E-state index contributed by atoms with van der Waals surface area (Å²) >= 11 is 0. The van der Waals surface area contributed by atoms with Crippen molar-refractivity contribution in [3.63, 3.8) is 0 Å². The van der Waals surface area contributed by atoms with Crippen molar-refractivity contribution in [1.82, 2.24) is 5.16 Å². The van der Waals surface area contributed by atoms with Crippen LogP contribution in [0.3, 0.4) is 0 Å². The molecule has 7 heteroatoms. The Hall–Kier alpha value is -2.31. The van der Waals surface area contributed by atoms with Gasteiger partial charge in [-0.25, -0.2) is 18.0 Å². The van der Waals surface area contributed by atoms with Crippen molar-refractivity contribution in [2.24, 2.45) is 0 Å². The summed E-state index contributed by atoms with van der Waals surface area (Å²) in [5.41, 5.74) is -0.746. The van der Waals surface area contributed by atoms with Gasteiger partial charge in [0.1, 0.15) is 17.0 Å². The second kappa shape index (κ2) is 4.75. The summed E-state index contributed by atoms with van der Waals surface area (Å²) in [6.45, 7) is 1.42. The maximum atomic E-state index is 13.7. The quantitative estimate of drug-likeness (QED) is 0.622. The molecule has 1 heterocycles. The molecule has 4 nitrogen and oxygen atoms in total. The van der Waals surface area contributed by atoms with Gasteiger partial charge in [0.2, 0.25) is 0 Å². The van der Waals surface area contributed by atoms with Crippen LogP contribution in [0, 0.1) is 24.4 Å². The van der Waals surface area contributed by atoms with E-state index < -0.39 is 23.4 Å². The Morgan fingerprint density at radius 3 is 2.58 bits per heavy atom. The largest absolute Gasteiger partial charge is 0.465 e. The molecule has 100 valence electrons. The van der Waals surface area contributed by atoms with E-state index >= 15 is 0 Å². The Bertz CT molecular complexity index is 652. The van der Waals surface area contributed by atoms with Crippen molar-refractivity contribution < 1.29 is 27.2 Å². The fraction of sp³-hybridized carbons (Fsp3) is 0.167. The number of benzene rings is 1. The minimum Gasteiger partial charge on any atom is -0.465 e. The Morgan fingerprint density at radius 1 is 1.26 bits per heavy atom. The molecule has 2 rings (SSSR count). The second-order valence-corrected chi connectivity index (χ2v) is 3.68. The molecule has 1 aromatic heterocycles. The van der Waals surface area contributed by atoms with E-state index in [1.165, 1.54) is 6.92 Å². The minimum absolute atomic E-state index is 0.0889. The van der Waals surface area contributed by atoms with Gasteiger partial charge in [-0.1, -0.05) is 5.16 Å². The van der Waals surface area contributed by atoms with Crippen molar-refractivity contribution in [3.05, 3.63) is 40.9 Å². The summed E-state index contributed by atoms with van der Waals surface area (Å²) in [4.78, 5) is 11.5.